The maximum absolute atomic E-state index is 12.7. The monoisotopic (exact) mass is 294 g/mol. The molecule has 0 aromatic rings. The highest BCUT2D eigenvalue weighted by atomic mass is 16.2. The van der Waals surface area contributed by atoms with Crippen LogP contribution in [0.1, 0.15) is 72.6 Å². The SMILES string of the molecule is CCC(C)C1NC(C(C)C)N(CCCC2CCCC2)C1=O. The van der Waals surface area contributed by atoms with Crippen LogP contribution in [-0.4, -0.2) is 29.6 Å². The predicted octanol–water partition coefficient (Wildman–Crippen LogP) is 3.79. The van der Waals surface area contributed by atoms with Gasteiger partial charge in [0, 0.05) is 6.54 Å². The number of amides is 1. The van der Waals surface area contributed by atoms with Crippen molar-refractivity contribution in [3.63, 3.8) is 0 Å². The molecule has 1 heterocycles. The van der Waals surface area contributed by atoms with Crippen LogP contribution in [0.2, 0.25) is 0 Å². The van der Waals surface area contributed by atoms with E-state index in [0.29, 0.717) is 17.7 Å². The summed E-state index contributed by atoms with van der Waals surface area (Å²) >= 11 is 0. The molecule has 1 N–H and O–H groups in total. The van der Waals surface area contributed by atoms with Gasteiger partial charge in [-0.25, -0.2) is 0 Å². The second-order valence-corrected chi connectivity index (χ2v) is 7.54. The fourth-order valence-electron chi connectivity index (χ4n) is 3.96. The van der Waals surface area contributed by atoms with E-state index >= 15 is 0 Å². The average molecular weight is 294 g/mol. The second kappa shape index (κ2) is 7.62. The van der Waals surface area contributed by atoms with E-state index in [1.807, 2.05) is 0 Å². The topological polar surface area (TPSA) is 32.3 Å². The number of rotatable bonds is 7. The zero-order valence-electron chi connectivity index (χ0n) is 14.4. The first-order valence-electron chi connectivity index (χ1n) is 9.11. The molecule has 122 valence electrons. The normalized spacial score (nSPS) is 28.8. The van der Waals surface area contributed by atoms with Crippen LogP contribution in [0.5, 0.6) is 0 Å². The number of hydrogen-bond acceptors (Lipinski definition) is 2. The van der Waals surface area contributed by atoms with E-state index in [-0.39, 0.29) is 12.2 Å². The zero-order valence-corrected chi connectivity index (χ0v) is 14.4. The molecular weight excluding hydrogens is 260 g/mol. The van der Waals surface area contributed by atoms with Crippen molar-refractivity contribution >= 4 is 5.91 Å². The highest BCUT2D eigenvalue weighted by molar-refractivity contribution is 5.84. The minimum atomic E-state index is 0.0360. The molecule has 3 unspecified atom stereocenters. The van der Waals surface area contributed by atoms with Crippen LogP contribution in [0.3, 0.4) is 0 Å². The first-order valence-corrected chi connectivity index (χ1v) is 9.11. The van der Waals surface area contributed by atoms with Crippen LogP contribution < -0.4 is 5.32 Å². The molecule has 21 heavy (non-hydrogen) atoms. The molecule has 1 aliphatic carbocycles. The third kappa shape index (κ3) is 4.00. The summed E-state index contributed by atoms with van der Waals surface area (Å²) in [5, 5.41) is 3.60. The minimum Gasteiger partial charge on any atom is -0.326 e. The third-order valence-electron chi connectivity index (χ3n) is 5.57. The lowest BCUT2D eigenvalue weighted by atomic mass is 9.99. The van der Waals surface area contributed by atoms with Crippen molar-refractivity contribution in [2.45, 2.75) is 84.8 Å². The van der Waals surface area contributed by atoms with Crippen molar-refractivity contribution in [2.75, 3.05) is 6.54 Å². The predicted molar refractivity (Wildman–Crippen MR) is 87.9 cm³/mol. The van der Waals surface area contributed by atoms with Crippen molar-refractivity contribution < 1.29 is 4.79 Å². The Balaban J connectivity index is 1.89. The van der Waals surface area contributed by atoms with Gasteiger partial charge in [-0.1, -0.05) is 59.8 Å². The number of carbonyl (C=O) groups is 1. The van der Waals surface area contributed by atoms with Crippen LogP contribution in [-0.2, 0) is 4.79 Å². The zero-order chi connectivity index (χ0) is 15.4. The smallest absolute Gasteiger partial charge is 0.241 e. The van der Waals surface area contributed by atoms with Gasteiger partial charge in [-0.3, -0.25) is 10.1 Å². The molecule has 0 radical (unpaired) electrons. The van der Waals surface area contributed by atoms with Crippen LogP contribution in [0.25, 0.3) is 0 Å². The summed E-state index contributed by atoms with van der Waals surface area (Å²) in [5.74, 6) is 2.18. The number of nitrogens with zero attached hydrogens (tertiary/aromatic N) is 1. The minimum absolute atomic E-state index is 0.0360. The summed E-state index contributed by atoms with van der Waals surface area (Å²) in [6, 6.07) is 0.0360. The van der Waals surface area contributed by atoms with E-state index in [4.69, 9.17) is 0 Å². The Hall–Kier alpha value is -0.570. The van der Waals surface area contributed by atoms with Crippen molar-refractivity contribution in [1.82, 2.24) is 10.2 Å². The third-order valence-corrected chi connectivity index (χ3v) is 5.57. The highest BCUT2D eigenvalue weighted by Gasteiger charge is 2.41. The molecule has 0 aromatic carbocycles. The standard InChI is InChI=1S/C18H34N2O/c1-5-14(4)16-18(21)20(17(19-16)13(2)3)12-8-11-15-9-6-7-10-15/h13-17,19H,5-12H2,1-4H3. The molecule has 2 rings (SSSR count). The Kier molecular flexibility index (Phi) is 6.09. The van der Waals surface area contributed by atoms with E-state index in [2.05, 4.69) is 37.9 Å². The van der Waals surface area contributed by atoms with Crippen LogP contribution in [0.15, 0.2) is 0 Å². The summed E-state index contributed by atoms with van der Waals surface area (Å²) in [6.07, 6.45) is 9.44. The molecule has 2 aliphatic rings. The highest BCUT2D eigenvalue weighted by Crippen LogP contribution is 2.29. The molecule has 1 amide bonds. The van der Waals surface area contributed by atoms with Gasteiger partial charge in [-0.2, -0.15) is 0 Å². The molecular formula is C18H34N2O. The van der Waals surface area contributed by atoms with E-state index in [1.165, 1.54) is 38.5 Å². The van der Waals surface area contributed by atoms with Gasteiger partial charge in [0.1, 0.15) is 0 Å². The van der Waals surface area contributed by atoms with Gasteiger partial charge in [-0.05, 0) is 30.6 Å². The molecule has 1 saturated heterocycles. The van der Waals surface area contributed by atoms with Gasteiger partial charge >= 0.3 is 0 Å². The van der Waals surface area contributed by atoms with Gasteiger partial charge < -0.3 is 4.90 Å². The molecule has 0 aromatic heterocycles. The van der Waals surface area contributed by atoms with Crippen molar-refractivity contribution in [1.29, 1.82) is 0 Å². The van der Waals surface area contributed by atoms with E-state index in [0.717, 1.165) is 18.9 Å². The summed E-state index contributed by atoms with van der Waals surface area (Å²) in [5.41, 5.74) is 0. The lowest BCUT2D eigenvalue weighted by molar-refractivity contribution is -0.131. The molecule has 3 heteroatoms. The van der Waals surface area contributed by atoms with Crippen molar-refractivity contribution in [2.24, 2.45) is 17.8 Å². The molecule has 0 spiro atoms. The van der Waals surface area contributed by atoms with Crippen molar-refractivity contribution in [3.8, 4) is 0 Å². The molecule has 3 atom stereocenters. The summed E-state index contributed by atoms with van der Waals surface area (Å²) in [4.78, 5) is 14.8. The first kappa shape index (κ1) is 16.8. The largest absolute Gasteiger partial charge is 0.326 e. The molecule has 0 bridgehead atoms. The van der Waals surface area contributed by atoms with Gasteiger partial charge in [0.15, 0.2) is 0 Å². The van der Waals surface area contributed by atoms with Crippen LogP contribution in [0.4, 0.5) is 0 Å². The van der Waals surface area contributed by atoms with Gasteiger partial charge in [-0.15, -0.1) is 0 Å². The molecule has 2 fully saturated rings. The fraction of sp³-hybridized carbons (Fsp3) is 0.944. The van der Waals surface area contributed by atoms with Crippen LogP contribution >= 0.6 is 0 Å². The van der Waals surface area contributed by atoms with Crippen molar-refractivity contribution in [3.05, 3.63) is 0 Å². The second-order valence-electron chi connectivity index (χ2n) is 7.54. The Morgan fingerprint density at radius 2 is 1.90 bits per heavy atom. The Labute approximate surface area is 130 Å². The number of carbonyl (C=O) groups excluding carboxylic acids is 1. The van der Waals surface area contributed by atoms with Crippen LogP contribution in [0, 0.1) is 17.8 Å². The molecule has 3 nitrogen and oxygen atoms in total. The Morgan fingerprint density at radius 1 is 1.24 bits per heavy atom. The Morgan fingerprint density at radius 3 is 2.48 bits per heavy atom. The number of hydrogen-bond donors (Lipinski definition) is 1. The van der Waals surface area contributed by atoms with E-state index in [1.54, 1.807) is 0 Å². The van der Waals surface area contributed by atoms with E-state index in [9.17, 15) is 4.79 Å². The lowest BCUT2D eigenvalue weighted by Gasteiger charge is -2.27. The Bertz CT molecular complexity index is 336. The average Bonchev–Trinajstić information content (AvgIpc) is 3.07. The van der Waals surface area contributed by atoms with Gasteiger partial charge in [0.25, 0.3) is 0 Å². The fourth-order valence-corrected chi connectivity index (χ4v) is 3.96. The number of nitrogens with one attached hydrogen (secondary N) is 1. The summed E-state index contributed by atoms with van der Waals surface area (Å²) in [7, 11) is 0. The quantitative estimate of drug-likeness (QED) is 0.775. The summed E-state index contributed by atoms with van der Waals surface area (Å²) in [6.45, 7) is 9.74. The molecule has 1 aliphatic heterocycles. The lowest BCUT2D eigenvalue weighted by Crippen LogP contribution is -2.42. The van der Waals surface area contributed by atoms with Gasteiger partial charge in [0.2, 0.25) is 5.91 Å². The maximum atomic E-state index is 12.7. The first-order chi connectivity index (χ1) is 10.0. The maximum Gasteiger partial charge on any atom is 0.241 e. The molecule has 1 saturated carbocycles. The van der Waals surface area contributed by atoms with E-state index < -0.39 is 0 Å². The summed E-state index contributed by atoms with van der Waals surface area (Å²) < 4.78 is 0. The van der Waals surface area contributed by atoms with Gasteiger partial charge in [0.05, 0.1) is 12.2 Å².